The summed E-state index contributed by atoms with van der Waals surface area (Å²) in [7, 11) is 0. The molecule has 1 aromatic heterocycles. The van der Waals surface area contributed by atoms with Gasteiger partial charge in [0.2, 0.25) is 6.43 Å². The van der Waals surface area contributed by atoms with Crippen LogP contribution >= 0.6 is 0 Å². The SMILES string of the molecule is N[C@H](CC(F)F)c1ccc[nH]1. The smallest absolute Gasteiger partial charge is 0.240 e. The number of nitrogens with one attached hydrogen (secondary N) is 1. The third-order valence-electron chi connectivity index (χ3n) is 1.45. The molecule has 1 heterocycles. The van der Waals surface area contributed by atoms with Crippen LogP contribution in [0.25, 0.3) is 0 Å². The van der Waals surface area contributed by atoms with Gasteiger partial charge < -0.3 is 10.7 Å². The topological polar surface area (TPSA) is 41.8 Å². The van der Waals surface area contributed by atoms with Gasteiger partial charge in [0, 0.05) is 18.3 Å². The number of nitrogens with two attached hydrogens (primary N) is 1. The van der Waals surface area contributed by atoms with Crippen molar-refractivity contribution in [3.63, 3.8) is 0 Å². The minimum atomic E-state index is -2.34. The van der Waals surface area contributed by atoms with Gasteiger partial charge in [-0.05, 0) is 12.1 Å². The quantitative estimate of drug-likeness (QED) is 0.693. The molecule has 4 heteroatoms. The highest BCUT2D eigenvalue weighted by Gasteiger charge is 2.12. The van der Waals surface area contributed by atoms with E-state index in [0.29, 0.717) is 5.69 Å². The van der Waals surface area contributed by atoms with Crippen LogP contribution in [0.4, 0.5) is 8.78 Å². The Morgan fingerprint density at radius 3 is 2.73 bits per heavy atom. The lowest BCUT2D eigenvalue weighted by molar-refractivity contribution is 0.128. The standard InChI is InChI=1S/C7H10F2N2/c8-7(9)4-5(10)6-2-1-3-11-6/h1-3,5,7,11H,4,10H2/t5-/m1/s1. The van der Waals surface area contributed by atoms with Crippen molar-refractivity contribution in [3.8, 4) is 0 Å². The van der Waals surface area contributed by atoms with Gasteiger partial charge >= 0.3 is 0 Å². The summed E-state index contributed by atoms with van der Waals surface area (Å²) in [4.78, 5) is 2.78. The van der Waals surface area contributed by atoms with Gasteiger partial charge in [-0.25, -0.2) is 8.78 Å². The Kier molecular flexibility index (Phi) is 2.59. The van der Waals surface area contributed by atoms with Crippen LogP contribution in [0.1, 0.15) is 18.2 Å². The van der Waals surface area contributed by atoms with Crippen LogP contribution in [-0.2, 0) is 0 Å². The third kappa shape index (κ3) is 2.31. The molecule has 0 aliphatic rings. The Bertz CT molecular complexity index is 196. The highest BCUT2D eigenvalue weighted by atomic mass is 19.3. The minimum Gasteiger partial charge on any atom is -0.364 e. The van der Waals surface area contributed by atoms with E-state index in [2.05, 4.69) is 4.98 Å². The van der Waals surface area contributed by atoms with Gasteiger partial charge in [0.1, 0.15) is 0 Å². The van der Waals surface area contributed by atoms with Gasteiger partial charge in [-0.1, -0.05) is 0 Å². The van der Waals surface area contributed by atoms with Gasteiger partial charge in [-0.15, -0.1) is 0 Å². The summed E-state index contributed by atoms with van der Waals surface area (Å²) in [6.45, 7) is 0. The summed E-state index contributed by atoms with van der Waals surface area (Å²) in [5.41, 5.74) is 6.09. The molecule has 62 valence electrons. The van der Waals surface area contributed by atoms with Crippen molar-refractivity contribution in [1.82, 2.24) is 4.98 Å². The number of hydrogen-bond donors (Lipinski definition) is 2. The van der Waals surface area contributed by atoms with Crippen LogP contribution in [0.5, 0.6) is 0 Å². The fourth-order valence-electron chi connectivity index (χ4n) is 0.894. The summed E-state index contributed by atoms with van der Waals surface area (Å²) >= 11 is 0. The Morgan fingerprint density at radius 2 is 2.27 bits per heavy atom. The maximum atomic E-state index is 11.8. The zero-order valence-corrected chi connectivity index (χ0v) is 5.93. The van der Waals surface area contributed by atoms with E-state index in [0.717, 1.165) is 0 Å². The first-order valence-corrected chi connectivity index (χ1v) is 3.37. The molecule has 1 aromatic rings. The average Bonchev–Trinajstić information content (AvgIpc) is 2.35. The molecule has 0 bridgehead atoms. The van der Waals surface area contributed by atoms with Gasteiger partial charge in [0.15, 0.2) is 0 Å². The van der Waals surface area contributed by atoms with E-state index < -0.39 is 12.5 Å². The Morgan fingerprint density at radius 1 is 1.55 bits per heavy atom. The molecule has 0 aliphatic carbocycles. The number of rotatable bonds is 3. The molecular formula is C7H10F2N2. The van der Waals surface area contributed by atoms with Crippen LogP contribution in [-0.4, -0.2) is 11.4 Å². The zero-order chi connectivity index (χ0) is 8.27. The maximum Gasteiger partial charge on any atom is 0.240 e. The molecule has 0 radical (unpaired) electrons. The van der Waals surface area contributed by atoms with E-state index >= 15 is 0 Å². The first-order valence-electron chi connectivity index (χ1n) is 3.37. The molecule has 0 unspecified atom stereocenters. The zero-order valence-electron chi connectivity index (χ0n) is 5.93. The molecule has 0 aliphatic heterocycles. The van der Waals surface area contributed by atoms with Crippen LogP contribution in [0, 0.1) is 0 Å². The van der Waals surface area contributed by atoms with Gasteiger partial charge in [-0.3, -0.25) is 0 Å². The summed E-state index contributed by atoms with van der Waals surface area (Å²) in [5.74, 6) is 0. The molecule has 0 spiro atoms. The lowest BCUT2D eigenvalue weighted by Gasteiger charge is -2.07. The Balaban J connectivity index is 2.49. The second kappa shape index (κ2) is 3.48. The van der Waals surface area contributed by atoms with E-state index in [-0.39, 0.29) is 6.42 Å². The van der Waals surface area contributed by atoms with Crippen molar-refractivity contribution < 1.29 is 8.78 Å². The number of aromatic amines is 1. The summed E-state index contributed by atoms with van der Waals surface area (Å²) < 4.78 is 23.6. The van der Waals surface area contributed by atoms with Crippen molar-refractivity contribution >= 4 is 0 Å². The van der Waals surface area contributed by atoms with Crippen LogP contribution in [0.3, 0.4) is 0 Å². The van der Waals surface area contributed by atoms with Gasteiger partial charge in [0.05, 0.1) is 6.04 Å². The highest BCUT2D eigenvalue weighted by molar-refractivity contribution is 5.08. The molecule has 0 saturated heterocycles. The summed E-state index contributed by atoms with van der Waals surface area (Å²) in [5, 5.41) is 0. The lowest BCUT2D eigenvalue weighted by atomic mass is 10.2. The van der Waals surface area contributed by atoms with E-state index in [4.69, 9.17) is 5.73 Å². The van der Waals surface area contributed by atoms with Crippen molar-refractivity contribution in [2.24, 2.45) is 5.73 Å². The molecule has 1 rings (SSSR count). The number of aromatic nitrogens is 1. The van der Waals surface area contributed by atoms with Crippen molar-refractivity contribution in [1.29, 1.82) is 0 Å². The van der Waals surface area contributed by atoms with Crippen molar-refractivity contribution in [2.45, 2.75) is 18.9 Å². The molecule has 3 N–H and O–H groups in total. The average molecular weight is 160 g/mol. The number of alkyl halides is 2. The fourth-order valence-corrected chi connectivity index (χ4v) is 0.894. The van der Waals surface area contributed by atoms with Gasteiger partial charge in [-0.2, -0.15) is 0 Å². The van der Waals surface area contributed by atoms with Crippen LogP contribution < -0.4 is 5.73 Å². The normalized spacial score (nSPS) is 13.8. The molecule has 0 aromatic carbocycles. The molecule has 0 saturated carbocycles. The molecule has 0 amide bonds. The second-order valence-corrected chi connectivity index (χ2v) is 2.36. The first-order chi connectivity index (χ1) is 5.20. The molecule has 11 heavy (non-hydrogen) atoms. The second-order valence-electron chi connectivity index (χ2n) is 2.36. The Labute approximate surface area is 63.4 Å². The number of H-pyrrole nitrogens is 1. The predicted molar refractivity (Wildman–Crippen MR) is 38.3 cm³/mol. The molecule has 0 fully saturated rings. The van der Waals surface area contributed by atoms with Crippen molar-refractivity contribution in [2.75, 3.05) is 0 Å². The lowest BCUT2D eigenvalue weighted by Crippen LogP contribution is -2.14. The van der Waals surface area contributed by atoms with E-state index in [1.165, 1.54) is 0 Å². The molecule has 2 nitrogen and oxygen atoms in total. The fraction of sp³-hybridized carbons (Fsp3) is 0.429. The minimum absolute atomic E-state index is 0.291. The predicted octanol–water partition coefficient (Wildman–Crippen LogP) is 1.67. The number of halogens is 2. The monoisotopic (exact) mass is 160 g/mol. The highest BCUT2D eigenvalue weighted by Crippen LogP contribution is 2.15. The van der Waals surface area contributed by atoms with E-state index in [1.807, 2.05) is 0 Å². The maximum absolute atomic E-state index is 11.8. The molecule has 1 atom stereocenters. The summed E-state index contributed by atoms with van der Waals surface area (Å²) in [6.07, 6.45) is -0.963. The molecular weight excluding hydrogens is 150 g/mol. The number of hydrogen-bond acceptors (Lipinski definition) is 1. The van der Waals surface area contributed by atoms with Crippen LogP contribution in [0.2, 0.25) is 0 Å². The van der Waals surface area contributed by atoms with Gasteiger partial charge in [0.25, 0.3) is 0 Å². The van der Waals surface area contributed by atoms with E-state index in [1.54, 1.807) is 18.3 Å². The van der Waals surface area contributed by atoms with Crippen molar-refractivity contribution in [3.05, 3.63) is 24.0 Å². The largest absolute Gasteiger partial charge is 0.364 e. The summed E-state index contributed by atoms with van der Waals surface area (Å²) in [6, 6.07) is 2.86. The first kappa shape index (κ1) is 8.20. The van der Waals surface area contributed by atoms with Crippen LogP contribution in [0.15, 0.2) is 18.3 Å². The Hall–Kier alpha value is -0.900. The van der Waals surface area contributed by atoms with E-state index in [9.17, 15) is 8.78 Å². The third-order valence-corrected chi connectivity index (χ3v) is 1.45.